The Kier molecular flexibility index (Phi) is 2.85. The molecule has 0 bridgehead atoms. The van der Waals surface area contributed by atoms with Gasteiger partial charge in [0.25, 0.3) is 0 Å². The lowest BCUT2D eigenvalue weighted by Gasteiger charge is -2.13. The molecule has 12 heavy (non-hydrogen) atoms. The Labute approximate surface area is 74.8 Å². The topological polar surface area (TPSA) is 12.9 Å². The molecule has 0 amide bonds. The standard InChI is InChI=1S/C11H17N/c1-5-10-6-7-12-9(4)11(10)8(2)3/h6-8H,5H2,1-4H3. The van der Waals surface area contributed by atoms with E-state index in [4.69, 9.17) is 0 Å². The summed E-state index contributed by atoms with van der Waals surface area (Å²) < 4.78 is 0. The Balaban J connectivity index is 3.20. The number of hydrogen-bond acceptors (Lipinski definition) is 1. The van der Waals surface area contributed by atoms with E-state index in [0.717, 1.165) is 6.42 Å². The van der Waals surface area contributed by atoms with E-state index < -0.39 is 0 Å². The Bertz CT molecular complexity index is 264. The maximum Gasteiger partial charge on any atom is 0.0409 e. The van der Waals surface area contributed by atoms with Crippen LogP contribution in [0.1, 0.15) is 43.5 Å². The van der Waals surface area contributed by atoms with Crippen LogP contribution in [-0.4, -0.2) is 4.98 Å². The number of aryl methyl sites for hydroxylation is 2. The van der Waals surface area contributed by atoms with Gasteiger partial charge in [0.1, 0.15) is 0 Å². The quantitative estimate of drug-likeness (QED) is 0.653. The lowest BCUT2D eigenvalue weighted by molar-refractivity contribution is 0.820. The number of aromatic nitrogens is 1. The average Bonchev–Trinajstić information content (AvgIpc) is 2.03. The first kappa shape index (κ1) is 9.24. The summed E-state index contributed by atoms with van der Waals surface area (Å²) in [5, 5.41) is 0. The maximum atomic E-state index is 4.31. The minimum atomic E-state index is 0.591. The van der Waals surface area contributed by atoms with Crippen molar-refractivity contribution in [2.75, 3.05) is 0 Å². The minimum absolute atomic E-state index is 0.591. The van der Waals surface area contributed by atoms with Crippen molar-refractivity contribution in [2.45, 2.75) is 40.0 Å². The highest BCUT2D eigenvalue weighted by molar-refractivity contribution is 5.31. The molecule has 0 atom stereocenters. The fraction of sp³-hybridized carbons (Fsp3) is 0.545. The van der Waals surface area contributed by atoms with Crippen molar-refractivity contribution < 1.29 is 0 Å². The second kappa shape index (κ2) is 3.70. The van der Waals surface area contributed by atoms with E-state index in [9.17, 15) is 0 Å². The highest BCUT2D eigenvalue weighted by atomic mass is 14.7. The number of hydrogen-bond donors (Lipinski definition) is 0. The van der Waals surface area contributed by atoms with E-state index in [2.05, 4.69) is 38.7 Å². The van der Waals surface area contributed by atoms with Gasteiger partial charge in [-0.25, -0.2) is 0 Å². The second-order valence-corrected chi connectivity index (χ2v) is 3.48. The first-order chi connectivity index (χ1) is 5.66. The highest BCUT2D eigenvalue weighted by Crippen LogP contribution is 2.21. The van der Waals surface area contributed by atoms with Gasteiger partial charge in [-0.15, -0.1) is 0 Å². The van der Waals surface area contributed by atoms with Crippen molar-refractivity contribution in [1.82, 2.24) is 4.98 Å². The van der Waals surface area contributed by atoms with E-state index >= 15 is 0 Å². The van der Waals surface area contributed by atoms with E-state index in [-0.39, 0.29) is 0 Å². The molecule has 0 aromatic carbocycles. The summed E-state index contributed by atoms with van der Waals surface area (Å²) in [5.41, 5.74) is 4.06. The highest BCUT2D eigenvalue weighted by Gasteiger charge is 2.08. The smallest absolute Gasteiger partial charge is 0.0409 e. The third-order valence-electron chi connectivity index (χ3n) is 2.24. The number of rotatable bonds is 2. The normalized spacial score (nSPS) is 10.8. The third kappa shape index (κ3) is 1.66. The SMILES string of the molecule is CCc1ccnc(C)c1C(C)C. The molecule has 0 saturated carbocycles. The van der Waals surface area contributed by atoms with Crippen LogP contribution in [0.4, 0.5) is 0 Å². The molecule has 0 aliphatic rings. The predicted octanol–water partition coefficient (Wildman–Crippen LogP) is 3.08. The Hall–Kier alpha value is -0.850. The molecule has 0 spiro atoms. The van der Waals surface area contributed by atoms with Crippen LogP contribution >= 0.6 is 0 Å². The van der Waals surface area contributed by atoms with Crippen LogP contribution in [0.3, 0.4) is 0 Å². The van der Waals surface area contributed by atoms with Crippen molar-refractivity contribution in [1.29, 1.82) is 0 Å². The first-order valence-corrected chi connectivity index (χ1v) is 4.61. The summed E-state index contributed by atoms with van der Waals surface area (Å²) in [6, 6.07) is 2.13. The molecule has 1 heteroatoms. The lowest BCUT2D eigenvalue weighted by atomic mass is 9.95. The molecule has 0 N–H and O–H groups in total. The average molecular weight is 163 g/mol. The zero-order chi connectivity index (χ0) is 9.14. The molecular weight excluding hydrogens is 146 g/mol. The van der Waals surface area contributed by atoms with Crippen LogP contribution in [0.2, 0.25) is 0 Å². The van der Waals surface area contributed by atoms with Gasteiger partial charge in [-0.3, -0.25) is 4.98 Å². The Morgan fingerprint density at radius 1 is 1.42 bits per heavy atom. The number of pyridine rings is 1. The molecule has 0 aliphatic carbocycles. The van der Waals surface area contributed by atoms with Crippen LogP contribution in [0.5, 0.6) is 0 Å². The Morgan fingerprint density at radius 3 is 2.50 bits per heavy atom. The summed E-state index contributed by atoms with van der Waals surface area (Å²) in [6.45, 7) is 8.74. The fourth-order valence-corrected chi connectivity index (χ4v) is 1.73. The molecule has 1 nitrogen and oxygen atoms in total. The molecule has 0 saturated heterocycles. The van der Waals surface area contributed by atoms with Gasteiger partial charge in [-0.05, 0) is 36.5 Å². The first-order valence-electron chi connectivity index (χ1n) is 4.61. The van der Waals surface area contributed by atoms with Crippen LogP contribution < -0.4 is 0 Å². The third-order valence-corrected chi connectivity index (χ3v) is 2.24. The fourth-order valence-electron chi connectivity index (χ4n) is 1.73. The molecule has 1 rings (SSSR count). The predicted molar refractivity (Wildman–Crippen MR) is 52.4 cm³/mol. The summed E-state index contributed by atoms with van der Waals surface area (Å²) in [4.78, 5) is 4.31. The van der Waals surface area contributed by atoms with Gasteiger partial charge in [0.2, 0.25) is 0 Å². The van der Waals surface area contributed by atoms with Gasteiger partial charge in [-0.2, -0.15) is 0 Å². The maximum absolute atomic E-state index is 4.31. The van der Waals surface area contributed by atoms with Gasteiger partial charge in [-0.1, -0.05) is 20.8 Å². The summed E-state index contributed by atoms with van der Waals surface area (Å²) in [6.07, 6.45) is 3.01. The van der Waals surface area contributed by atoms with E-state index in [1.54, 1.807) is 0 Å². The van der Waals surface area contributed by atoms with E-state index in [1.807, 2.05) is 6.20 Å². The summed E-state index contributed by atoms with van der Waals surface area (Å²) in [7, 11) is 0. The van der Waals surface area contributed by atoms with E-state index in [0.29, 0.717) is 5.92 Å². The van der Waals surface area contributed by atoms with Crippen LogP contribution in [0.15, 0.2) is 12.3 Å². The zero-order valence-corrected chi connectivity index (χ0v) is 8.39. The molecule has 1 aromatic rings. The van der Waals surface area contributed by atoms with Gasteiger partial charge in [0, 0.05) is 11.9 Å². The van der Waals surface area contributed by atoms with Crippen LogP contribution in [0.25, 0.3) is 0 Å². The van der Waals surface area contributed by atoms with Crippen molar-refractivity contribution >= 4 is 0 Å². The van der Waals surface area contributed by atoms with Crippen molar-refractivity contribution in [3.8, 4) is 0 Å². The Morgan fingerprint density at radius 2 is 2.08 bits per heavy atom. The molecule has 0 radical (unpaired) electrons. The van der Waals surface area contributed by atoms with Crippen molar-refractivity contribution in [2.24, 2.45) is 0 Å². The van der Waals surface area contributed by atoms with Crippen molar-refractivity contribution in [3.63, 3.8) is 0 Å². The van der Waals surface area contributed by atoms with Gasteiger partial charge in [0.05, 0.1) is 0 Å². The molecule has 0 aliphatic heterocycles. The van der Waals surface area contributed by atoms with Gasteiger partial charge < -0.3 is 0 Å². The molecule has 0 fully saturated rings. The van der Waals surface area contributed by atoms with Gasteiger partial charge >= 0.3 is 0 Å². The largest absolute Gasteiger partial charge is 0.261 e. The molecule has 1 aromatic heterocycles. The summed E-state index contributed by atoms with van der Waals surface area (Å²) >= 11 is 0. The van der Waals surface area contributed by atoms with E-state index in [1.165, 1.54) is 16.8 Å². The monoisotopic (exact) mass is 163 g/mol. The lowest BCUT2D eigenvalue weighted by Crippen LogP contribution is -2.00. The number of nitrogens with zero attached hydrogens (tertiary/aromatic N) is 1. The summed E-state index contributed by atoms with van der Waals surface area (Å²) in [5.74, 6) is 0.591. The molecule has 66 valence electrons. The molecule has 1 heterocycles. The van der Waals surface area contributed by atoms with Crippen molar-refractivity contribution in [3.05, 3.63) is 29.1 Å². The molecule has 0 unspecified atom stereocenters. The van der Waals surface area contributed by atoms with Crippen LogP contribution in [-0.2, 0) is 6.42 Å². The zero-order valence-electron chi connectivity index (χ0n) is 8.39. The van der Waals surface area contributed by atoms with Crippen LogP contribution in [0, 0.1) is 6.92 Å². The second-order valence-electron chi connectivity index (χ2n) is 3.48. The molecular formula is C11H17N. The van der Waals surface area contributed by atoms with Gasteiger partial charge in [0.15, 0.2) is 0 Å². The minimum Gasteiger partial charge on any atom is -0.261 e.